The number of aromatic nitrogens is 2. The summed E-state index contributed by atoms with van der Waals surface area (Å²) >= 11 is 8.28. The summed E-state index contributed by atoms with van der Waals surface area (Å²) in [5, 5.41) is 3.69. The molecular weight excluding hydrogens is 338 g/mol. The van der Waals surface area contributed by atoms with Crippen LogP contribution in [0.2, 0.25) is 5.02 Å². The van der Waals surface area contributed by atoms with Gasteiger partial charge in [0, 0.05) is 3.57 Å². The van der Waals surface area contributed by atoms with Crippen LogP contribution in [0, 0.1) is 3.57 Å². The number of anilines is 3. The van der Waals surface area contributed by atoms with Gasteiger partial charge in [0.05, 0.1) is 22.6 Å². The first-order chi connectivity index (χ1) is 7.66. The van der Waals surface area contributed by atoms with Crippen molar-refractivity contribution >= 4 is 51.4 Å². The summed E-state index contributed by atoms with van der Waals surface area (Å²) in [6.45, 7) is 0. The number of nitrogen functional groups attached to an aromatic ring is 1. The van der Waals surface area contributed by atoms with Gasteiger partial charge in [0.25, 0.3) is 0 Å². The Balaban J connectivity index is 2.31. The molecule has 0 radical (unpaired) electrons. The van der Waals surface area contributed by atoms with Gasteiger partial charge in [0.2, 0.25) is 0 Å². The zero-order valence-electron chi connectivity index (χ0n) is 8.11. The summed E-state index contributed by atoms with van der Waals surface area (Å²) in [5.74, 6) is 0.554. The third-order valence-corrected chi connectivity index (χ3v) is 2.91. The van der Waals surface area contributed by atoms with E-state index in [2.05, 4.69) is 37.9 Å². The van der Waals surface area contributed by atoms with E-state index in [1.807, 2.05) is 18.2 Å². The smallest absolute Gasteiger partial charge is 0.157 e. The topological polar surface area (TPSA) is 63.8 Å². The van der Waals surface area contributed by atoms with Gasteiger partial charge in [0.1, 0.15) is 6.33 Å². The van der Waals surface area contributed by atoms with E-state index in [-0.39, 0.29) is 0 Å². The highest BCUT2D eigenvalue weighted by Crippen LogP contribution is 2.27. The van der Waals surface area contributed by atoms with Crippen molar-refractivity contribution in [2.24, 2.45) is 0 Å². The van der Waals surface area contributed by atoms with Crippen LogP contribution in [0.5, 0.6) is 0 Å². The van der Waals surface area contributed by atoms with Gasteiger partial charge in [-0.2, -0.15) is 0 Å². The standard InChI is InChI=1S/C10H8ClIN4/c11-7-3-6(12)1-2-9(7)16-10-8(13)4-14-5-15-10/h1-5H,13H2,(H,14,15,16). The molecule has 0 aliphatic heterocycles. The Bertz CT molecular complexity index is 518. The summed E-state index contributed by atoms with van der Waals surface area (Å²) in [7, 11) is 0. The van der Waals surface area contributed by atoms with Crippen molar-refractivity contribution in [2.45, 2.75) is 0 Å². The predicted molar refractivity (Wildman–Crippen MR) is 73.9 cm³/mol. The van der Waals surface area contributed by atoms with Crippen molar-refractivity contribution < 1.29 is 0 Å². The first kappa shape index (κ1) is 11.4. The summed E-state index contributed by atoms with van der Waals surface area (Å²) in [4.78, 5) is 7.84. The lowest BCUT2D eigenvalue weighted by molar-refractivity contribution is 1.17. The Labute approximate surface area is 111 Å². The van der Waals surface area contributed by atoms with Crippen molar-refractivity contribution in [1.82, 2.24) is 9.97 Å². The highest BCUT2D eigenvalue weighted by molar-refractivity contribution is 14.1. The molecule has 0 fully saturated rings. The Morgan fingerprint density at radius 1 is 1.38 bits per heavy atom. The maximum Gasteiger partial charge on any atom is 0.157 e. The molecule has 1 heterocycles. The van der Waals surface area contributed by atoms with E-state index in [1.54, 1.807) is 0 Å². The molecule has 2 rings (SSSR count). The third-order valence-electron chi connectivity index (χ3n) is 1.92. The molecule has 0 aliphatic carbocycles. The van der Waals surface area contributed by atoms with Crippen LogP contribution in [0.15, 0.2) is 30.7 Å². The second kappa shape index (κ2) is 4.84. The first-order valence-corrected chi connectivity index (χ1v) is 5.90. The van der Waals surface area contributed by atoms with Gasteiger partial charge in [-0.05, 0) is 40.8 Å². The summed E-state index contributed by atoms with van der Waals surface area (Å²) in [6.07, 6.45) is 2.97. The lowest BCUT2D eigenvalue weighted by Crippen LogP contribution is -2.00. The second-order valence-corrected chi connectivity index (χ2v) is 4.73. The van der Waals surface area contributed by atoms with Crippen molar-refractivity contribution in [1.29, 1.82) is 0 Å². The summed E-state index contributed by atoms with van der Waals surface area (Å²) in [5.41, 5.74) is 6.97. The summed E-state index contributed by atoms with van der Waals surface area (Å²) < 4.78 is 1.07. The first-order valence-electron chi connectivity index (χ1n) is 4.44. The Hall–Kier alpha value is -1.08. The minimum atomic E-state index is 0.483. The van der Waals surface area contributed by atoms with Gasteiger partial charge in [0.15, 0.2) is 5.82 Å². The molecule has 6 heteroatoms. The van der Waals surface area contributed by atoms with Crippen LogP contribution in [0.4, 0.5) is 17.2 Å². The number of hydrogen-bond acceptors (Lipinski definition) is 4. The normalized spacial score (nSPS) is 10.1. The van der Waals surface area contributed by atoms with Crippen LogP contribution in [0.25, 0.3) is 0 Å². The molecule has 0 unspecified atom stereocenters. The average Bonchev–Trinajstić information content (AvgIpc) is 2.25. The lowest BCUT2D eigenvalue weighted by atomic mass is 10.3. The van der Waals surface area contributed by atoms with E-state index < -0.39 is 0 Å². The van der Waals surface area contributed by atoms with Crippen LogP contribution < -0.4 is 11.1 Å². The Morgan fingerprint density at radius 3 is 2.88 bits per heavy atom. The molecule has 0 bridgehead atoms. The van der Waals surface area contributed by atoms with E-state index >= 15 is 0 Å². The van der Waals surface area contributed by atoms with E-state index in [4.69, 9.17) is 17.3 Å². The SMILES string of the molecule is Nc1cncnc1Nc1ccc(I)cc1Cl. The number of rotatable bonds is 2. The molecule has 0 saturated heterocycles. The highest BCUT2D eigenvalue weighted by atomic mass is 127. The fourth-order valence-electron chi connectivity index (χ4n) is 1.16. The molecule has 3 N–H and O–H groups in total. The van der Waals surface area contributed by atoms with Gasteiger partial charge < -0.3 is 11.1 Å². The number of nitrogens with one attached hydrogen (secondary N) is 1. The number of hydrogen-bond donors (Lipinski definition) is 2. The molecular formula is C10H8ClIN4. The van der Waals surface area contributed by atoms with Crippen LogP contribution in [0.3, 0.4) is 0 Å². The molecule has 82 valence electrons. The van der Waals surface area contributed by atoms with E-state index in [1.165, 1.54) is 12.5 Å². The zero-order chi connectivity index (χ0) is 11.5. The molecule has 0 saturated carbocycles. The van der Waals surface area contributed by atoms with Crippen molar-refractivity contribution in [3.63, 3.8) is 0 Å². The molecule has 2 aromatic rings. The molecule has 0 atom stereocenters. The molecule has 0 spiro atoms. The van der Waals surface area contributed by atoms with Crippen LogP contribution in [-0.2, 0) is 0 Å². The molecule has 0 amide bonds. The quantitative estimate of drug-likeness (QED) is 0.820. The average molecular weight is 347 g/mol. The fourth-order valence-corrected chi connectivity index (χ4v) is 2.07. The van der Waals surface area contributed by atoms with Crippen LogP contribution in [0.1, 0.15) is 0 Å². The lowest BCUT2D eigenvalue weighted by Gasteiger charge is -2.09. The fraction of sp³-hybridized carbons (Fsp3) is 0. The predicted octanol–water partition coefficient (Wildman–Crippen LogP) is 3.06. The number of nitrogens with zero attached hydrogens (tertiary/aromatic N) is 2. The third kappa shape index (κ3) is 2.53. The second-order valence-electron chi connectivity index (χ2n) is 3.08. The maximum atomic E-state index is 6.08. The van der Waals surface area contributed by atoms with Crippen molar-refractivity contribution in [3.05, 3.63) is 39.3 Å². The largest absolute Gasteiger partial charge is 0.394 e. The Morgan fingerprint density at radius 2 is 2.19 bits per heavy atom. The highest BCUT2D eigenvalue weighted by Gasteiger charge is 2.04. The molecule has 1 aromatic carbocycles. The minimum Gasteiger partial charge on any atom is -0.394 e. The van der Waals surface area contributed by atoms with Crippen LogP contribution >= 0.6 is 34.2 Å². The molecule has 16 heavy (non-hydrogen) atoms. The molecule has 0 aliphatic rings. The van der Waals surface area contributed by atoms with Gasteiger partial charge in [-0.25, -0.2) is 9.97 Å². The van der Waals surface area contributed by atoms with Crippen LogP contribution in [-0.4, -0.2) is 9.97 Å². The molecule has 4 nitrogen and oxygen atoms in total. The number of benzene rings is 1. The van der Waals surface area contributed by atoms with Crippen molar-refractivity contribution in [2.75, 3.05) is 11.1 Å². The minimum absolute atomic E-state index is 0.483. The van der Waals surface area contributed by atoms with Gasteiger partial charge >= 0.3 is 0 Å². The van der Waals surface area contributed by atoms with Crippen molar-refractivity contribution in [3.8, 4) is 0 Å². The molecule has 1 aromatic heterocycles. The van der Waals surface area contributed by atoms with E-state index in [0.717, 1.165) is 9.26 Å². The number of halogens is 2. The van der Waals surface area contributed by atoms with Gasteiger partial charge in [-0.1, -0.05) is 11.6 Å². The summed E-state index contributed by atoms with van der Waals surface area (Å²) in [6, 6.07) is 5.69. The number of nitrogens with two attached hydrogens (primary N) is 1. The van der Waals surface area contributed by atoms with Gasteiger partial charge in [-0.15, -0.1) is 0 Å². The maximum absolute atomic E-state index is 6.08. The van der Waals surface area contributed by atoms with E-state index in [9.17, 15) is 0 Å². The monoisotopic (exact) mass is 346 g/mol. The van der Waals surface area contributed by atoms with Gasteiger partial charge in [-0.3, -0.25) is 0 Å². The Kier molecular flexibility index (Phi) is 3.45. The van der Waals surface area contributed by atoms with E-state index in [0.29, 0.717) is 16.5 Å². The zero-order valence-corrected chi connectivity index (χ0v) is 11.0.